The van der Waals surface area contributed by atoms with Crippen molar-refractivity contribution in [2.45, 2.75) is 56.8 Å². The van der Waals surface area contributed by atoms with Gasteiger partial charge in [0.1, 0.15) is 11.6 Å². The molecular formula is C27H27ClF2. The molecule has 0 spiro atoms. The van der Waals surface area contributed by atoms with Crippen molar-refractivity contribution in [3.05, 3.63) is 106 Å². The summed E-state index contributed by atoms with van der Waals surface area (Å²) in [7, 11) is 0. The molecule has 0 nitrogen and oxygen atoms in total. The molecule has 156 valence electrons. The summed E-state index contributed by atoms with van der Waals surface area (Å²) in [5.74, 6) is -0.0339. The molecule has 0 aromatic heterocycles. The van der Waals surface area contributed by atoms with Gasteiger partial charge in [0.15, 0.2) is 0 Å². The Labute approximate surface area is 182 Å². The lowest BCUT2D eigenvalue weighted by Crippen LogP contribution is -2.13. The van der Waals surface area contributed by atoms with E-state index in [-0.39, 0.29) is 17.4 Å². The molecule has 3 aromatic carbocycles. The fraction of sp³-hybridized carbons (Fsp3) is 0.333. The third-order valence-electron chi connectivity index (χ3n) is 6.58. The molecule has 1 atom stereocenters. The molecule has 0 radical (unpaired) electrons. The minimum Gasteiger partial charge on any atom is -0.207 e. The highest BCUT2D eigenvalue weighted by molar-refractivity contribution is 6.30. The summed E-state index contributed by atoms with van der Waals surface area (Å²) in [5, 5.41) is 0.750. The van der Waals surface area contributed by atoms with Gasteiger partial charge < -0.3 is 0 Å². The molecule has 0 heterocycles. The van der Waals surface area contributed by atoms with Crippen molar-refractivity contribution in [2.75, 3.05) is 0 Å². The topological polar surface area (TPSA) is 0 Å². The SMILES string of the molecule is C[C@@H](Cc1c(F)cc(C2CCC(c3ccc(Cl)cc3)CC2)cc1F)c1ccccc1. The number of benzene rings is 3. The van der Waals surface area contributed by atoms with Crippen molar-refractivity contribution in [2.24, 2.45) is 0 Å². The third kappa shape index (κ3) is 4.75. The molecule has 0 bridgehead atoms. The van der Waals surface area contributed by atoms with Crippen LogP contribution in [-0.4, -0.2) is 0 Å². The molecule has 3 aromatic rings. The zero-order valence-electron chi connectivity index (χ0n) is 17.3. The van der Waals surface area contributed by atoms with E-state index in [0.29, 0.717) is 12.3 Å². The number of hydrogen-bond donors (Lipinski definition) is 0. The van der Waals surface area contributed by atoms with E-state index in [1.54, 1.807) is 12.1 Å². The van der Waals surface area contributed by atoms with Crippen LogP contribution in [0, 0.1) is 11.6 Å². The summed E-state index contributed by atoms with van der Waals surface area (Å²) in [6, 6.07) is 21.1. The van der Waals surface area contributed by atoms with Crippen LogP contribution in [0.1, 0.15) is 72.6 Å². The fourth-order valence-electron chi connectivity index (χ4n) is 4.75. The summed E-state index contributed by atoms with van der Waals surface area (Å²) in [4.78, 5) is 0. The first-order valence-electron chi connectivity index (χ1n) is 10.8. The first-order valence-corrected chi connectivity index (χ1v) is 11.2. The zero-order chi connectivity index (χ0) is 21.1. The number of hydrogen-bond acceptors (Lipinski definition) is 0. The van der Waals surface area contributed by atoms with E-state index in [9.17, 15) is 8.78 Å². The molecule has 30 heavy (non-hydrogen) atoms. The van der Waals surface area contributed by atoms with E-state index < -0.39 is 11.6 Å². The van der Waals surface area contributed by atoms with Crippen LogP contribution in [0.15, 0.2) is 66.7 Å². The molecule has 0 N–H and O–H groups in total. The molecular weight excluding hydrogens is 398 g/mol. The highest BCUT2D eigenvalue weighted by Crippen LogP contribution is 2.41. The lowest BCUT2D eigenvalue weighted by atomic mass is 9.76. The van der Waals surface area contributed by atoms with Gasteiger partial charge in [-0.05, 0) is 90.8 Å². The Morgan fingerprint density at radius 2 is 1.33 bits per heavy atom. The smallest absolute Gasteiger partial charge is 0.129 e. The van der Waals surface area contributed by atoms with Crippen molar-refractivity contribution in [1.82, 2.24) is 0 Å². The standard InChI is InChI=1S/C27H27ClF2/c1-18(19-5-3-2-4-6-19)15-25-26(29)16-23(17-27(25)30)22-9-7-20(8-10-22)21-11-13-24(28)14-12-21/h2-6,11-14,16-18,20,22H,7-10,15H2,1H3/t18-,20?,22?/m0/s1. The zero-order valence-corrected chi connectivity index (χ0v) is 18.0. The molecule has 1 aliphatic rings. The van der Waals surface area contributed by atoms with Crippen LogP contribution in [0.4, 0.5) is 8.78 Å². The van der Waals surface area contributed by atoms with Gasteiger partial charge in [-0.15, -0.1) is 0 Å². The van der Waals surface area contributed by atoms with E-state index in [1.807, 2.05) is 49.4 Å². The highest BCUT2D eigenvalue weighted by Gasteiger charge is 2.25. The summed E-state index contributed by atoms with van der Waals surface area (Å²) in [6.07, 6.45) is 4.33. The maximum Gasteiger partial charge on any atom is 0.129 e. The van der Waals surface area contributed by atoms with Gasteiger partial charge >= 0.3 is 0 Å². The Balaban J connectivity index is 1.44. The van der Waals surface area contributed by atoms with Crippen LogP contribution in [0.5, 0.6) is 0 Å². The molecule has 0 amide bonds. The van der Waals surface area contributed by atoms with Crippen LogP contribution < -0.4 is 0 Å². The Hall–Kier alpha value is -2.19. The average Bonchev–Trinajstić information content (AvgIpc) is 2.77. The summed E-state index contributed by atoms with van der Waals surface area (Å²) < 4.78 is 29.7. The predicted molar refractivity (Wildman–Crippen MR) is 120 cm³/mol. The van der Waals surface area contributed by atoms with E-state index >= 15 is 0 Å². The number of rotatable bonds is 5. The molecule has 0 aliphatic heterocycles. The van der Waals surface area contributed by atoms with Crippen LogP contribution in [-0.2, 0) is 6.42 Å². The molecule has 3 heteroatoms. The van der Waals surface area contributed by atoms with E-state index in [4.69, 9.17) is 11.6 Å². The van der Waals surface area contributed by atoms with Crippen molar-refractivity contribution < 1.29 is 8.78 Å². The van der Waals surface area contributed by atoms with Crippen LogP contribution in [0.3, 0.4) is 0 Å². The van der Waals surface area contributed by atoms with Crippen molar-refractivity contribution in [3.63, 3.8) is 0 Å². The second kappa shape index (κ2) is 9.31. The Bertz CT molecular complexity index is 950. The lowest BCUT2D eigenvalue weighted by Gasteiger charge is -2.29. The molecule has 1 fully saturated rings. The van der Waals surface area contributed by atoms with E-state index in [2.05, 4.69) is 12.1 Å². The van der Waals surface area contributed by atoms with Crippen molar-refractivity contribution in [3.8, 4) is 0 Å². The number of halogens is 3. The second-order valence-corrected chi connectivity index (χ2v) is 9.02. The first-order chi connectivity index (χ1) is 14.5. The average molecular weight is 425 g/mol. The normalized spacial score (nSPS) is 20.1. The van der Waals surface area contributed by atoms with Gasteiger partial charge in [0, 0.05) is 10.6 Å². The van der Waals surface area contributed by atoms with Gasteiger partial charge in [-0.1, -0.05) is 61.0 Å². The maximum atomic E-state index is 14.9. The minimum absolute atomic E-state index is 0.0656. The van der Waals surface area contributed by atoms with Crippen LogP contribution in [0.2, 0.25) is 5.02 Å². The maximum absolute atomic E-state index is 14.9. The molecule has 0 saturated heterocycles. The van der Waals surface area contributed by atoms with Gasteiger partial charge in [0.05, 0.1) is 0 Å². The Morgan fingerprint density at radius 1 is 0.800 bits per heavy atom. The summed E-state index contributed by atoms with van der Waals surface area (Å²) in [5.41, 5.74) is 3.40. The quantitative estimate of drug-likeness (QED) is 0.385. The third-order valence-corrected chi connectivity index (χ3v) is 6.83. The molecule has 1 saturated carbocycles. The lowest BCUT2D eigenvalue weighted by molar-refractivity contribution is 0.393. The van der Waals surface area contributed by atoms with E-state index in [1.165, 1.54) is 5.56 Å². The van der Waals surface area contributed by atoms with Crippen molar-refractivity contribution >= 4 is 11.6 Å². The van der Waals surface area contributed by atoms with Crippen LogP contribution >= 0.6 is 11.6 Å². The van der Waals surface area contributed by atoms with Gasteiger partial charge in [-0.2, -0.15) is 0 Å². The monoisotopic (exact) mass is 424 g/mol. The molecule has 1 aliphatic carbocycles. The predicted octanol–water partition coefficient (Wildman–Crippen LogP) is 8.41. The van der Waals surface area contributed by atoms with Gasteiger partial charge in [0.2, 0.25) is 0 Å². The minimum atomic E-state index is -0.410. The summed E-state index contributed by atoms with van der Waals surface area (Å²) in [6.45, 7) is 2.01. The van der Waals surface area contributed by atoms with Gasteiger partial charge in [0.25, 0.3) is 0 Å². The highest BCUT2D eigenvalue weighted by atomic mass is 35.5. The largest absolute Gasteiger partial charge is 0.207 e. The van der Waals surface area contributed by atoms with Gasteiger partial charge in [-0.25, -0.2) is 8.78 Å². The van der Waals surface area contributed by atoms with Crippen LogP contribution in [0.25, 0.3) is 0 Å². The van der Waals surface area contributed by atoms with E-state index in [0.717, 1.165) is 41.8 Å². The first kappa shape index (κ1) is 21.1. The van der Waals surface area contributed by atoms with Gasteiger partial charge in [-0.3, -0.25) is 0 Å². The Kier molecular flexibility index (Phi) is 6.53. The fourth-order valence-corrected chi connectivity index (χ4v) is 4.88. The second-order valence-electron chi connectivity index (χ2n) is 8.58. The Morgan fingerprint density at radius 3 is 1.90 bits per heavy atom. The van der Waals surface area contributed by atoms with Crippen molar-refractivity contribution in [1.29, 1.82) is 0 Å². The molecule has 4 rings (SSSR count). The summed E-state index contributed by atoms with van der Waals surface area (Å²) >= 11 is 5.99. The molecule has 0 unspecified atom stereocenters.